The molecule has 0 saturated carbocycles. The van der Waals surface area contributed by atoms with Gasteiger partial charge in [0, 0.05) is 25.3 Å². The van der Waals surface area contributed by atoms with Crippen LogP contribution in [-0.4, -0.2) is 40.8 Å². The topological polar surface area (TPSA) is 65.2 Å². The van der Waals surface area contributed by atoms with Crippen LogP contribution in [0.2, 0.25) is 5.02 Å². The Morgan fingerprint density at radius 2 is 2.21 bits per heavy atom. The Labute approximate surface area is 143 Å². The average molecular weight is 350 g/mol. The number of amides is 2. The van der Waals surface area contributed by atoms with Gasteiger partial charge in [0.2, 0.25) is 0 Å². The van der Waals surface area contributed by atoms with Crippen LogP contribution in [0.15, 0.2) is 30.5 Å². The second-order valence-corrected chi connectivity index (χ2v) is 6.31. The van der Waals surface area contributed by atoms with E-state index in [-0.39, 0.29) is 23.4 Å². The van der Waals surface area contributed by atoms with Crippen molar-refractivity contribution < 1.29 is 14.0 Å². The molecule has 2 heterocycles. The van der Waals surface area contributed by atoms with Crippen LogP contribution in [0.1, 0.15) is 32.8 Å². The summed E-state index contributed by atoms with van der Waals surface area (Å²) in [7, 11) is 0. The van der Waals surface area contributed by atoms with E-state index in [0.29, 0.717) is 35.8 Å². The Balaban J connectivity index is 1.64. The maximum Gasteiger partial charge on any atom is 0.268 e. The third kappa shape index (κ3) is 3.28. The van der Waals surface area contributed by atoms with Crippen molar-refractivity contribution in [3.63, 3.8) is 0 Å². The Morgan fingerprint density at radius 1 is 1.42 bits per heavy atom. The molecule has 1 fully saturated rings. The van der Waals surface area contributed by atoms with E-state index in [9.17, 15) is 14.0 Å². The molecule has 1 aromatic heterocycles. The summed E-state index contributed by atoms with van der Waals surface area (Å²) >= 11 is 5.78. The van der Waals surface area contributed by atoms with E-state index in [1.807, 2.05) is 0 Å². The quantitative estimate of drug-likeness (QED) is 0.894. The number of aromatic nitrogens is 1. The van der Waals surface area contributed by atoms with Crippen molar-refractivity contribution >= 4 is 23.4 Å². The van der Waals surface area contributed by atoms with E-state index in [2.05, 4.69) is 10.3 Å². The molecule has 24 heavy (non-hydrogen) atoms. The number of nitrogens with one attached hydrogen (secondary N) is 2. The number of halogens is 2. The molecule has 2 N–H and O–H groups in total. The van der Waals surface area contributed by atoms with E-state index in [0.717, 1.165) is 0 Å². The highest BCUT2D eigenvalue weighted by atomic mass is 35.5. The Hall–Kier alpha value is -2.34. The lowest BCUT2D eigenvalue weighted by Gasteiger charge is -2.18. The summed E-state index contributed by atoms with van der Waals surface area (Å²) < 4.78 is 14.1. The molecule has 7 heteroatoms. The van der Waals surface area contributed by atoms with Crippen LogP contribution in [0.25, 0.3) is 0 Å². The molecule has 1 unspecified atom stereocenters. The third-order valence-electron chi connectivity index (χ3n) is 4.13. The fraction of sp³-hybridized carbons (Fsp3) is 0.294. The first-order valence-electron chi connectivity index (χ1n) is 7.65. The van der Waals surface area contributed by atoms with Crippen molar-refractivity contribution in [2.24, 2.45) is 0 Å². The van der Waals surface area contributed by atoms with Crippen molar-refractivity contribution in [2.45, 2.75) is 19.4 Å². The minimum absolute atomic E-state index is 0.0677. The summed E-state index contributed by atoms with van der Waals surface area (Å²) in [6, 6.07) is 6.14. The second kappa shape index (κ2) is 6.65. The molecule has 0 spiro atoms. The molecule has 1 atom stereocenters. The standard InChI is InChI=1S/C17H17ClFN3O2/c1-10-3-2-4-13(15(10)19)17(24)22-6-5-12(9-22)21-16(23)14-7-11(18)8-20-14/h2-4,7-8,12,20H,5-6,9H2,1H3,(H,21,23). The van der Waals surface area contributed by atoms with Gasteiger partial charge in [-0.15, -0.1) is 0 Å². The highest BCUT2D eigenvalue weighted by Crippen LogP contribution is 2.18. The molecule has 3 rings (SSSR count). The lowest BCUT2D eigenvalue weighted by Crippen LogP contribution is -2.38. The fourth-order valence-corrected chi connectivity index (χ4v) is 2.97. The largest absolute Gasteiger partial charge is 0.356 e. The average Bonchev–Trinajstić information content (AvgIpc) is 3.18. The van der Waals surface area contributed by atoms with Gasteiger partial charge in [-0.3, -0.25) is 9.59 Å². The molecule has 2 amide bonds. The van der Waals surface area contributed by atoms with Gasteiger partial charge in [0.05, 0.1) is 10.6 Å². The molecule has 5 nitrogen and oxygen atoms in total. The number of nitrogens with zero attached hydrogens (tertiary/aromatic N) is 1. The van der Waals surface area contributed by atoms with Gasteiger partial charge in [-0.1, -0.05) is 23.7 Å². The molecule has 1 aliphatic rings. The lowest BCUT2D eigenvalue weighted by atomic mass is 10.1. The Kier molecular flexibility index (Phi) is 4.57. The predicted octanol–water partition coefficient (Wildman–Crippen LogP) is 2.76. The number of hydrogen-bond acceptors (Lipinski definition) is 2. The lowest BCUT2D eigenvalue weighted by molar-refractivity contribution is 0.0778. The molecule has 0 bridgehead atoms. The summed E-state index contributed by atoms with van der Waals surface area (Å²) in [5, 5.41) is 3.31. The van der Waals surface area contributed by atoms with Crippen LogP contribution in [0.5, 0.6) is 0 Å². The third-order valence-corrected chi connectivity index (χ3v) is 4.34. The van der Waals surface area contributed by atoms with Gasteiger partial charge in [0.1, 0.15) is 11.5 Å². The van der Waals surface area contributed by atoms with E-state index in [4.69, 9.17) is 11.6 Å². The molecule has 2 aromatic rings. The van der Waals surface area contributed by atoms with Crippen LogP contribution in [0.3, 0.4) is 0 Å². The van der Waals surface area contributed by atoms with Crippen molar-refractivity contribution in [3.8, 4) is 0 Å². The van der Waals surface area contributed by atoms with Crippen LogP contribution < -0.4 is 5.32 Å². The van der Waals surface area contributed by atoms with Crippen LogP contribution in [0, 0.1) is 12.7 Å². The smallest absolute Gasteiger partial charge is 0.268 e. The SMILES string of the molecule is Cc1cccc(C(=O)N2CCC(NC(=O)c3cc(Cl)c[nH]3)C2)c1F. The van der Waals surface area contributed by atoms with E-state index in [1.165, 1.54) is 18.3 Å². The predicted molar refractivity (Wildman–Crippen MR) is 88.7 cm³/mol. The summed E-state index contributed by atoms with van der Waals surface area (Å²) in [6.45, 7) is 2.45. The zero-order valence-electron chi connectivity index (χ0n) is 13.1. The molecular formula is C17H17ClFN3O2. The first-order valence-corrected chi connectivity index (χ1v) is 8.02. The number of benzene rings is 1. The van der Waals surface area contributed by atoms with Gasteiger partial charge in [-0.25, -0.2) is 4.39 Å². The number of rotatable bonds is 3. The molecule has 0 aliphatic carbocycles. The number of likely N-dealkylation sites (tertiary alicyclic amines) is 1. The minimum Gasteiger partial charge on any atom is -0.356 e. The summed E-state index contributed by atoms with van der Waals surface area (Å²) in [5.41, 5.74) is 0.876. The molecule has 1 saturated heterocycles. The number of aryl methyl sites for hydroxylation is 1. The van der Waals surface area contributed by atoms with Crippen molar-refractivity contribution in [1.29, 1.82) is 0 Å². The summed E-state index contributed by atoms with van der Waals surface area (Å²) in [5.74, 6) is -1.12. The summed E-state index contributed by atoms with van der Waals surface area (Å²) in [6.07, 6.45) is 2.15. The summed E-state index contributed by atoms with van der Waals surface area (Å²) in [4.78, 5) is 28.9. The van der Waals surface area contributed by atoms with Crippen LogP contribution in [0.4, 0.5) is 4.39 Å². The van der Waals surface area contributed by atoms with Crippen LogP contribution >= 0.6 is 11.6 Å². The van der Waals surface area contributed by atoms with Crippen LogP contribution in [-0.2, 0) is 0 Å². The highest BCUT2D eigenvalue weighted by molar-refractivity contribution is 6.30. The van der Waals surface area contributed by atoms with Gasteiger partial charge in [-0.2, -0.15) is 0 Å². The van der Waals surface area contributed by atoms with E-state index >= 15 is 0 Å². The Morgan fingerprint density at radius 3 is 2.92 bits per heavy atom. The van der Waals surface area contributed by atoms with Crippen molar-refractivity contribution in [3.05, 3.63) is 58.1 Å². The van der Waals surface area contributed by atoms with Gasteiger partial charge < -0.3 is 15.2 Å². The fourth-order valence-electron chi connectivity index (χ4n) is 2.81. The van der Waals surface area contributed by atoms with Gasteiger partial charge in [0.15, 0.2) is 0 Å². The molecule has 0 radical (unpaired) electrons. The monoisotopic (exact) mass is 349 g/mol. The molecule has 1 aliphatic heterocycles. The zero-order valence-corrected chi connectivity index (χ0v) is 13.9. The maximum atomic E-state index is 14.1. The maximum absolute atomic E-state index is 14.1. The van der Waals surface area contributed by atoms with Crippen molar-refractivity contribution in [2.75, 3.05) is 13.1 Å². The first-order chi connectivity index (χ1) is 11.5. The molecule has 126 valence electrons. The van der Waals surface area contributed by atoms with Gasteiger partial charge >= 0.3 is 0 Å². The molecule has 1 aromatic carbocycles. The number of H-pyrrole nitrogens is 1. The van der Waals surface area contributed by atoms with E-state index < -0.39 is 5.82 Å². The van der Waals surface area contributed by atoms with E-state index in [1.54, 1.807) is 24.0 Å². The van der Waals surface area contributed by atoms with Gasteiger partial charge in [-0.05, 0) is 31.0 Å². The number of carbonyl (C=O) groups excluding carboxylic acids is 2. The normalized spacial score (nSPS) is 17.1. The number of aromatic amines is 1. The molecular weight excluding hydrogens is 333 g/mol. The highest BCUT2D eigenvalue weighted by Gasteiger charge is 2.29. The van der Waals surface area contributed by atoms with Gasteiger partial charge in [0.25, 0.3) is 11.8 Å². The van der Waals surface area contributed by atoms with Crippen molar-refractivity contribution in [1.82, 2.24) is 15.2 Å². The number of carbonyl (C=O) groups is 2. The Bertz CT molecular complexity index is 790. The second-order valence-electron chi connectivity index (χ2n) is 5.88. The minimum atomic E-state index is -0.490. The zero-order chi connectivity index (χ0) is 17.3. The first kappa shape index (κ1) is 16.5. The number of hydrogen-bond donors (Lipinski definition) is 2.